The van der Waals surface area contributed by atoms with Crippen LogP contribution in [0.5, 0.6) is 0 Å². The first kappa shape index (κ1) is 30.4. The van der Waals surface area contributed by atoms with E-state index in [0.717, 1.165) is 0 Å². The molecule has 0 saturated heterocycles. The molecular weight excluding hydrogens is 432 g/mol. The monoisotopic (exact) mass is 476 g/mol. The van der Waals surface area contributed by atoms with E-state index in [1.54, 1.807) is 0 Å². The zero-order valence-electron chi connectivity index (χ0n) is 21.4. The fourth-order valence-corrected chi connectivity index (χ4v) is 3.61. The third-order valence-corrected chi connectivity index (χ3v) is 5.81. The van der Waals surface area contributed by atoms with Crippen molar-refractivity contribution in [3.05, 3.63) is 143 Å². The summed E-state index contributed by atoms with van der Waals surface area (Å²) in [5.74, 6) is 0. The lowest BCUT2D eigenvalue weighted by Gasteiger charge is -2.02. The number of fused-ring (bicyclic) bond motifs is 1. The predicted molar refractivity (Wildman–Crippen MR) is 164 cm³/mol. The summed E-state index contributed by atoms with van der Waals surface area (Å²) in [4.78, 5) is 0. The van der Waals surface area contributed by atoms with Crippen LogP contribution in [-0.2, 0) is 0 Å². The lowest BCUT2D eigenvalue weighted by molar-refractivity contribution is 1.40. The second-order valence-electron chi connectivity index (χ2n) is 9.24. The number of benzene rings is 5. The van der Waals surface area contributed by atoms with E-state index < -0.39 is 0 Å². The molecule has 5 rings (SSSR count). The molecule has 0 nitrogen and oxygen atoms in total. The number of hydrogen-bond donors (Lipinski definition) is 0. The molecule has 0 aromatic heterocycles. The van der Waals surface area contributed by atoms with E-state index in [2.05, 4.69) is 151 Å². The van der Waals surface area contributed by atoms with Crippen LogP contribution in [0.3, 0.4) is 0 Å². The molecule has 0 amide bonds. The Morgan fingerprint density at radius 3 is 0.778 bits per heavy atom. The van der Waals surface area contributed by atoms with E-state index in [9.17, 15) is 0 Å². The Morgan fingerprint density at radius 2 is 0.500 bits per heavy atom. The highest BCUT2D eigenvalue weighted by molar-refractivity contribution is 5.83. The highest BCUT2D eigenvalue weighted by Gasteiger charge is 1.95. The molecule has 188 valence electrons. The largest absolute Gasteiger partial charge is 0.0776 e. The van der Waals surface area contributed by atoms with Crippen LogP contribution in [-0.4, -0.2) is 0 Å². The Labute approximate surface area is 220 Å². The van der Waals surface area contributed by atoms with Gasteiger partial charge in [0, 0.05) is 0 Å². The van der Waals surface area contributed by atoms with Gasteiger partial charge in [-0.25, -0.2) is 0 Å². The average molecular weight is 477 g/mol. The van der Waals surface area contributed by atoms with Crippen molar-refractivity contribution in [1.29, 1.82) is 0 Å². The summed E-state index contributed by atoms with van der Waals surface area (Å²) in [6.45, 7) is 12.7. The summed E-state index contributed by atoms with van der Waals surface area (Å²) in [7, 11) is 0. The van der Waals surface area contributed by atoms with Crippen molar-refractivity contribution in [3.8, 4) is 11.1 Å². The van der Waals surface area contributed by atoms with Crippen LogP contribution < -0.4 is 0 Å². The van der Waals surface area contributed by atoms with Crippen molar-refractivity contribution in [2.75, 3.05) is 0 Å². The van der Waals surface area contributed by atoms with Gasteiger partial charge in [0.15, 0.2) is 0 Å². The van der Waals surface area contributed by atoms with Crippen LogP contribution in [0.4, 0.5) is 0 Å². The highest BCUT2D eigenvalue weighted by atomic mass is 14.0. The third-order valence-electron chi connectivity index (χ3n) is 5.81. The molecular formula is C36H44. The highest BCUT2D eigenvalue weighted by Crippen LogP contribution is 2.20. The van der Waals surface area contributed by atoms with Crippen molar-refractivity contribution in [3.63, 3.8) is 0 Å². The molecule has 0 aliphatic rings. The molecule has 5 aromatic carbocycles. The molecule has 0 fully saturated rings. The molecule has 0 heteroatoms. The van der Waals surface area contributed by atoms with Gasteiger partial charge in [-0.15, -0.1) is 0 Å². The molecule has 0 atom stereocenters. The van der Waals surface area contributed by atoms with Crippen molar-refractivity contribution >= 4 is 10.8 Å². The van der Waals surface area contributed by atoms with Crippen LogP contribution in [0.15, 0.2) is 109 Å². The molecule has 0 unspecified atom stereocenters. The summed E-state index contributed by atoms with van der Waals surface area (Å²) >= 11 is 0. The molecule has 0 spiro atoms. The maximum Gasteiger partial charge on any atom is -0.0181 e. The maximum absolute atomic E-state index is 2.22. The van der Waals surface area contributed by atoms with E-state index in [-0.39, 0.29) is 14.9 Å². The van der Waals surface area contributed by atoms with E-state index in [1.807, 2.05) is 0 Å². The minimum atomic E-state index is 0. The quantitative estimate of drug-likeness (QED) is 0.226. The first-order valence-electron chi connectivity index (χ1n) is 11.9. The Morgan fingerprint density at radius 1 is 0.278 bits per heavy atom. The van der Waals surface area contributed by atoms with Gasteiger partial charge in [-0.2, -0.15) is 0 Å². The topological polar surface area (TPSA) is 0 Å². The SMILES string of the molecule is C.C.Cc1ccc(-c2ccc(C)cc2)cc1.Cc1ccc(C)cc1.Cc1ccc2cc(C)ccc2c1. The van der Waals surface area contributed by atoms with Crippen LogP contribution in [0.2, 0.25) is 0 Å². The van der Waals surface area contributed by atoms with Gasteiger partial charge in [0.05, 0.1) is 0 Å². The smallest absolute Gasteiger partial charge is 0.0181 e. The predicted octanol–water partition coefficient (Wildman–Crippen LogP) is 11.0. The summed E-state index contributed by atoms with van der Waals surface area (Å²) in [6.07, 6.45) is 0. The summed E-state index contributed by atoms with van der Waals surface area (Å²) in [5.41, 5.74) is 10.5. The Hall–Kier alpha value is -3.64. The Balaban J connectivity index is 0.000000272. The number of aryl methyl sites for hydroxylation is 6. The average Bonchev–Trinajstić information content (AvgIpc) is 2.83. The van der Waals surface area contributed by atoms with Crippen LogP contribution in [0.1, 0.15) is 48.2 Å². The first-order valence-corrected chi connectivity index (χ1v) is 11.9. The lowest BCUT2D eigenvalue weighted by atomic mass is 10.0. The molecule has 0 aliphatic carbocycles. The van der Waals surface area contributed by atoms with Crippen molar-refractivity contribution < 1.29 is 0 Å². The van der Waals surface area contributed by atoms with Gasteiger partial charge in [-0.05, 0) is 63.4 Å². The normalized spacial score (nSPS) is 9.50. The van der Waals surface area contributed by atoms with E-state index >= 15 is 0 Å². The van der Waals surface area contributed by atoms with Crippen LogP contribution >= 0.6 is 0 Å². The van der Waals surface area contributed by atoms with E-state index in [4.69, 9.17) is 0 Å². The molecule has 0 radical (unpaired) electrons. The van der Waals surface area contributed by atoms with Crippen molar-refractivity contribution in [2.24, 2.45) is 0 Å². The fraction of sp³-hybridized carbons (Fsp3) is 0.222. The van der Waals surface area contributed by atoms with Crippen molar-refractivity contribution in [2.45, 2.75) is 56.4 Å². The fourth-order valence-electron chi connectivity index (χ4n) is 3.61. The second kappa shape index (κ2) is 14.7. The standard InChI is InChI=1S/C14H14.C12H12.C8H10.2CH4/c1-11-3-7-13(8-4-11)14-9-5-12(2)6-10-14;1-9-3-5-12-8-10(2)4-6-11(12)7-9;1-7-3-5-8(2)6-4-7;;/h3-10H,1-2H3;3-8H,1-2H3;3-6H,1-2H3;2*1H4. The minimum absolute atomic E-state index is 0. The summed E-state index contributed by atoms with van der Waals surface area (Å²) in [6, 6.07) is 38.8. The zero-order valence-corrected chi connectivity index (χ0v) is 21.4. The van der Waals surface area contributed by atoms with Gasteiger partial charge in [0.2, 0.25) is 0 Å². The molecule has 5 aromatic rings. The molecule has 0 saturated carbocycles. The van der Waals surface area contributed by atoms with Gasteiger partial charge in [0.1, 0.15) is 0 Å². The summed E-state index contributed by atoms with van der Waals surface area (Å²) in [5, 5.41) is 2.67. The Kier molecular flexibility index (Phi) is 12.4. The van der Waals surface area contributed by atoms with E-state index in [1.165, 1.54) is 55.3 Å². The van der Waals surface area contributed by atoms with Gasteiger partial charge in [-0.1, -0.05) is 157 Å². The Bertz CT molecular complexity index is 1200. The maximum atomic E-state index is 2.22. The van der Waals surface area contributed by atoms with Gasteiger partial charge < -0.3 is 0 Å². The third kappa shape index (κ3) is 9.55. The van der Waals surface area contributed by atoms with Gasteiger partial charge in [0.25, 0.3) is 0 Å². The number of rotatable bonds is 1. The molecule has 0 N–H and O–H groups in total. The lowest BCUT2D eigenvalue weighted by Crippen LogP contribution is -1.78. The molecule has 0 aliphatic heterocycles. The van der Waals surface area contributed by atoms with Gasteiger partial charge >= 0.3 is 0 Å². The second-order valence-corrected chi connectivity index (χ2v) is 9.24. The van der Waals surface area contributed by atoms with E-state index in [0.29, 0.717) is 0 Å². The summed E-state index contributed by atoms with van der Waals surface area (Å²) < 4.78 is 0. The molecule has 36 heavy (non-hydrogen) atoms. The first-order chi connectivity index (χ1) is 16.3. The number of hydrogen-bond acceptors (Lipinski definition) is 0. The zero-order chi connectivity index (χ0) is 24.5. The molecule has 0 heterocycles. The minimum Gasteiger partial charge on any atom is -0.0776 e. The van der Waals surface area contributed by atoms with Gasteiger partial charge in [-0.3, -0.25) is 0 Å². The van der Waals surface area contributed by atoms with Crippen LogP contribution in [0.25, 0.3) is 21.9 Å². The van der Waals surface area contributed by atoms with Crippen molar-refractivity contribution in [1.82, 2.24) is 0 Å². The van der Waals surface area contributed by atoms with Crippen LogP contribution in [0, 0.1) is 41.5 Å². The molecule has 0 bridgehead atoms.